The number of hydrogen-bond donors (Lipinski definition) is 0. The van der Waals surface area contributed by atoms with Crippen molar-refractivity contribution in [1.82, 2.24) is 39.1 Å². The molecule has 1 aliphatic heterocycles. The summed E-state index contributed by atoms with van der Waals surface area (Å²) in [7, 11) is 3.17. The van der Waals surface area contributed by atoms with Crippen molar-refractivity contribution in [3.8, 4) is 23.1 Å². The number of aromatic nitrogens is 6. The number of hydrogen-bond acceptors (Lipinski definition) is 16. The van der Waals surface area contributed by atoms with Crippen molar-refractivity contribution in [2.24, 2.45) is 11.8 Å². The van der Waals surface area contributed by atoms with Gasteiger partial charge in [0.15, 0.2) is 5.65 Å². The molecule has 20 heteroatoms. The van der Waals surface area contributed by atoms with Crippen molar-refractivity contribution in [3.63, 3.8) is 0 Å². The summed E-state index contributed by atoms with van der Waals surface area (Å²) < 4.78 is 32.1. The number of fused-ring (bicyclic) bond motifs is 1. The van der Waals surface area contributed by atoms with Crippen molar-refractivity contribution >= 4 is 41.2 Å². The predicted octanol–water partition coefficient (Wildman–Crippen LogP) is 4.54. The standard InChI is InChI=1S/C40H49N9O9.CO2/c1-24-25(2)55-38(36(57-27(4)51)35(24)56-26(3)50)58-33-12-9-16-42-31(33)22-54-40(53)47(6)19-18-46(5)39(52)48-17-14-30-34(43-23-44-37(30)48)29-20-45-49(21-29)32(13-15-41)28-10-7-8-11-28;2-1-3/h9,12,14,16-17,20-21,23-25,28,32,35-36,38H,7-8,10-11,13,18-19,22H2,1-6H3;/t24-,25-,32-,35+,36-,38+;/m1./s1. The van der Waals surface area contributed by atoms with E-state index in [1.165, 1.54) is 40.7 Å². The normalized spacial score (nSPS) is 20.2. The fraction of sp³-hybridized carbons (Fsp3) is 0.512. The zero-order valence-corrected chi connectivity index (χ0v) is 34.8. The molecule has 324 valence electrons. The third-order valence-corrected chi connectivity index (χ3v) is 10.8. The van der Waals surface area contributed by atoms with Gasteiger partial charge in [-0.15, -0.1) is 0 Å². The lowest BCUT2D eigenvalue weighted by Crippen LogP contribution is -2.57. The topological polar surface area (TPSA) is 240 Å². The molecule has 1 saturated carbocycles. The second-order valence-electron chi connectivity index (χ2n) is 14.9. The monoisotopic (exact) mass is 843 g/mol. The van der Waals surface area contributed by atoms with Crippen LogP contribution in [0.1, 0.15) is 71.5 Å². The van der Waals surface area contributed by atoms with Gasteiger partial charge in [0.25, 0.3) is 0 Å². The number of likely N-dealkylation sites (N-methyl/N-ethyl adjacent to an activating group) is 2. The maximum Gasteiger partial charge on any atom is 0.409 e. The molecule has 1 saturated heterocycles. The van der Waals surface area contributed by atoms with E-state index < -0.39 is 42.6 Å². The molecule has 0 bridgehead atoms. The highest BCUT2D eigenvalue weighted by Gasteiger charge is 2.48. The summed E-state index contributed by atoms with van der Waals surface area (Å²) in [6.07, 6.45) is 9.15. The Morgan fingerprint density at radius 2 is 1.67 bits per heavy atom. The first-order chi connectivity index (χ1) is 29.3. The van der Waals surface area contributed by atoms with Crippen LogP contribution in [0.2, 0.25) is 0 Å². The van der Waals surface area contributed by atoms with Crippen LogP contribution in [0, 0.1) is 23.2 Å². The fourth-order valence-electron chi connectivity index (χ4n) is 7.47. The summed E-state index contributed by atoms with van der Waals surface area (Å²) >= 11 is 0. The van der Waals surface area contributed by atoms with E-state index in [2.05, 4.69) is 26.1 Å². The molecule has 1 aliphatic carbocycles. The van der Waals surface area contributed by atoms with Gasteiger partial charge in [-0.25, -0.2) is 19.6 Å². The first-order valence-corrected chi connectivity index (χ1v) is 19.7. The van der Waals surface area contributed by atoms with Crippen LogP contribution in [0.25, 0.3) is 22.3 Å². The van der Waals surface area contributed by atoms with E-state index in [1.54, 1.807) is 51.6 Å². The number of carbonyl (C=O) groups excluding carboxylic acids is 6. The first kappa shape index (κ1) is 45.4. The Kier molecular flexibility index (Phi) is 15.6. The Morgan fingerprint density at radius 3 is 2.36 bits per heavy atom. The van der Waals surface area contributed by atoms with Gasteiger partial charge < -0.3 is 33.5 Å². The molecule has 2 aliphatic rings. The molecule has 0 unspecified atom stereocenters. The summed E-state index contributed by atoms with van der Waals surface area (Å²) in [6.45, 7) is 6.17. The zero-order valence-electron chi connectivity index (χ0n) is 34.8. The van der Waals surface area contributed by atoms with Gasteiger partial charge >= 0.3 is 30.2 Å². The van der Waals surface area contributed by atoms with Crippen molar-refractivity contribution < 1.29 is 52.5 Å². The van der Waals surface area contributed by atoms with Gasteiger partial charge in [0.2, 0.25) is 12.4 Å². The lowest BCUT2D eigenvalue weighted by Gasteiger charge is -2.43. The third-order valence-electron chi connectivity index (χ3n) is 10.8. The highest BCUT2D eigenvalue weighted by molar-refractivity contribution is 5.96. The average Bonchev–Trinajstić information content (AvgIpc) is 4.04. The SMILES string of the molecule is CC(=O)O[C@H]1[C@H](Oc2cccnc2COC(=O)N(C)CCN(C)C(=O)n2ccc3c(-c4cnn([C@H](CC#N)C5CCCC5)c4)ncnc32)O[C@H](C)[C@@H](C)[C@@H]1OC(C)=O.O=C=O. The molecular formula is C41H49N9O11. The Hall–Kier alpha value is -6.71. The maximum absolute atomic E-state index is 13.6. The Morgan fingerprint density at radius 1 is 0.984 bits per heavy atom. The molecule has 2 amide bonds. The fourth-order valence-corrected chi connectivity index (χ4v) is 7.47. The summed E-state index contributed by atoms with van der Waals surface area (Å²) in [4.78, 5) is 82.9. The van der Waals surface area contributed by atoms with Crippen LogP contribution in [0.4, 0.5) is 9.59 Å². The number of amides is 2. The molecule has 20 nitrogen and oxygen atoms in total. The van der Waals surface area contributed by atoms with Crippen LogP contribution >= 0.6 is 0 Å². The smallest absolute Gasteiger partial charge is 0.409 e. The van der Waals surface area contributed by atoms with Crippen LogP contribution in [0.3, 0.4) is 0 Å². The van der Waals surface area contributed by atoms with Gasteiger partial charge in [-0.05, 0) is 43.9 Å². The molecule has 6 atom stereocenters. The van der Waals surface area contributed by atoms with Crippen molar-refractivity contribution in [3.05, 3.63) is 55.0 Å². The number of carbonyl (C=O) groups is 4. The first-order valence-electron chi connectivity index (χ1n) is 19.7. The van der Waals surface area contributed by atoms with Crippen LogP contribution in [0.5, 0.6) is 5.75 Å². The van der Waals surface area contributed by atoms with Gasteiger partial charge in [-0.3, -0.25) is 23.8 Å². The van der Waals surface area contributed by atoms with Crippen molar-refractivity contribution in [1.29, 1.82) is 5.26 Å². The van der Waals surface area contributed by atoms with Crippen LogP contribution in [-0.2, 0) is 44.7 Å². The van der Waals surface area contributed by atoms with Gasteiger partial charge in [-0.2, -0.15) is 19.9 Å². The summed E-state index contributed by atoms with van der Waals surface area (Å²) in [5.41, 5.74) is 2.08. The molecule has 4 aromatic heterocycles. The summed E-state index contributed by atoms with van der Waals surface area (Å²) in [6, 6.07) is 6.97. The van der Waals surface area contributed by atoms with Gasteiger partial charge in [-0.1, -0.05) is 19.8 Å². The molecule has 2 fully saturated rings. The van der Waals surface area contributed by atoms with Gasteiger partial charge in [0.05, 0.1) is 36.5 Å². The van der Waals surface area contributed by atoms with E-state index in [1.807, 2.05) is 17.8 Å². The number of nitriles is 1. The van der Waals surface area contributed by atoms with E-state index >= 15 is 0 Å². The predicted molar refractivity (Wildman–Crippen MR) is 211 cm³/mol. The van der Waals surface area contributed by atoms with E-state index in [4.69, 9.17) is 33.3 Å². The lowest BCUT2D eigenvalue weighted by molar-refractivity contribution is -0.263. The summed E-state index contributed by atoms with van der Waals surface area (Å²) in [5.74, 6) is -0.844. The van der Waals surface area contributed by atoms with Crippen LogP contribution in [0.15, 0.2) is 49.3 Å². The summed E-state index contributed by atoms with van der Waals surface area (Å²) in [5, 5.41) is 14.8. The van der Waals surface area contributed by atoms with Gasteiger partial charge in [0.1, 0.15) is 30.5 Å². The Balaban J connectivity index is 0.00000228. The molecule has 61 heavy (non-hydrogen) atoms. The molecular weight excluding hydrogens is 795 g/mol. The van der Waals surface area contributed by atoms with E-state index in [9.17, 15) is 24.4 Å². The van der Waals surface area contributed by atoms with E-state index in [-0.39, 0.29) is 55.3 Å². The molecule has 0 aromatic carbocycles. The molecule has 4 aromatic rings. The molecule has 0 spiro atoms. The number of rotatable bonds is 13. The maximum atomic E-state index is 13.6. The third kappa shape index (κ3) is 11.1. The number of nitrogens with zero attached hydrogens (tertiary/aromatic N) is 9. The average molecular weight is 844 g/mol. The van der Waals surface area contributed by atoms with Crippen molar-refractivity contribution in [2.75, 3.05) is 27.2 Å². The minimum atomic E-state index is -1.16. The van der Waals surface area contributed by atoms with E-state index in [0.717, 1.165) is 31.2 Å². The number of esters is 2. The molecule has 0 N–H and O–H groups in total. The highest BCUT2D eigenvalue weighted by atomic mass is 16.7. The van der Waals surface area contributed by atoms with Crippen LogP contribution in [-0.4, -0.2) is 121 Å². The van der Waals surface area contributed by atoms with Crippen LogP contribution < -0.4 is 4.74 Å². The molecule has 6 rings (SSSR count). The largest absolute Gasteiger partial charge is 0.459 e. The number of ether oxygens (including phenoxy) is 5. The number of pyridine rings is 1. The molecule has 0 radical (unpaired) electrons. The quantitative estimate of drug-likeness (QED) is 0.133. The Bertz CT molecular complexity index is 2240. The highest BCUT2D eigenvalue weighted by Crippen LogP contribution is 2.37. The zero-order chi connectivity index (χ0) is 44.2. The second kappa shape index (κ2) is 21.0. The Labute approximate surface area is 351 Å². The second-order valence-corrected chi connectivity index (χ2v) is 14.9. The van der Waals surface area contributed by atoms with Gasteiger partial charge in [0, 0.05) is 76.5 Å². The van der Waals surface area contributed by atoms with E-state index in [0.29, 0.717) is 29.1 Å². The minimum Gasteiger partial charge on any atom is -0.459 e. The molecule has 5 heterocycles. The lowest BCUT2D eigenvalue weighted by atomic mass is 9.91. The minimum absolute atomic E-state index is 0.00264. The van der Waals surface area contributed by atoms with Crippen molar-refractivity contribution in [2.45, 2.75) is 97.0 Å².